The summed E-state index contributed by atoms with van der Waals surface area (Å²) in [5.41, 5.74) is 6.95. The number of alkyl halides is 3. The second-order valence-electron chi connectivity index (χ2n) is 8.64. The van der Waals surface area contributed by atoms with Crippen molar-refractivity contribution in [2.45, 2.75) is 31.4 Å². The Morgan fingerprint density at radius 2 is 1.86 bits per heavy atom. The van der Waals surface area contributed by atoms with Crippen molar-refractivity contribution in [1.82, 2.24) is 4.98 Å². The number of piperidine rings is 1. The molecule has 1 aromatic heterocycles. The number of nitrogens with two attached hydrogens (primary N) is 1. The van der Waals surface area contributed by atoms with E-state index in [1.54, 1.807) is 6.20 Å². The number of benzene rings is 2. The van der Waals surface area contributed by atoms with Crippen molar-refractivity contribution in [2.24, 2.45) is 5.73 Å². The fourth-order valence-corrected chi connectivity index (χ4v) is 4.72. The summed E-state index contributed by atoms with van der Waals surface area (Å²) in [5.74, 6) is 0.0646. The summed E-state index contributed by atoms with van der Waals surface area (Å²) < 4.78 is 44.8. The van der Waals surface area contributed by atoms with E-state index in [-0.39, 0.29) is 5.56 Å². The SMILES string of the molecule is CCOc1ncccc1-c1ccc(C2(C(N)=O)CCN(c3ccc(C(F)(F)F)cc3C#N)CC2)cc1. The number of rotatable bonds is 6. The molecule has 36 heavy (non-hydrogen) atoms. The summed E-state index contributed by atoms with van der Waals surface area (Å²) in [6.07, 6.45) is -2.14. The maximum absolute atomic E-state index is 13.1. The minimum Gasteiger partial charge on any atom is -0.478 e. The summed E-state index contributed by atoms with van der Waals surface area (Å²) in [5, 5.41) is 9.45. The van der Waals surface area contributed by atoms with E-state index < -0.39 is 23.1 Å². The first-order valence-corrected chi connectivity index (χ1v) is 11.5. The van der Waals surface area contributed by atoms with Crippen LogP contribution in [0.5, 0.6) is 5.88 Å². The van der Waals surface area contributed by atoms with Crippen molar-refractivity contribution in [3.63, 3.8) is 0 Å². The lowest BCUT2D eigenvalue weighted by Crippen LogP contribution is -2.50. The molecule has 0 unspecified atom stereocenters. The number of primary amides is 1. The van der Waals surface area contributed by atoms with Crippen LogP contribution >= 0.6 is 0 Å². The van der Waals surface area contributed by atoms with Gasteiger partial charge in [-0.3, -0.25) is 4.79 Å². The fourth-order valence-electron chi connectivity index (χ4n) is 4.72. The third-order valence-corrected chi connectivity index (χ3v) is 6.67. The second kappa shape index (κ2) is 9.90. The molecule has 0 radical (unpaired) electrons. The van der Waals surface area contributed by atoms with Gasteiger partial charge in [-0.1, -0.05) is 24.3 Å². The Balaban J connectivity index is 1.58. The number of ether oxygens (including phenoxy) is 1. The van der Waals surface area contributed by atoms with Crippen LogP contribution in [0, 0.1) is 11.3 Å². The maximum Gasteiger partial charge on any atom is 0.416 e. The van der Waals surface area contributed by atoms with Crippen molar-refractivity contribution < 1.29 is 22.7 Å². The molecule has 186 valence electrons. The molecule has 9 heteroatoms. The van der Waals surface area contributed by atoms with Crippen LogP contribution < -0.4 is 15.4 Å². The van der Waals surface area contributed by atoms with Crippen LogP contribution in [-0.4, -0.2) is 30.6 Å². The van der Waals surface area contributed by atoms with Crippen LogP contribution in [0.2, 0.25) is 0 Å². The molecule has 1 amide bonds. The highest BCUT2D eigenvalue weighted by Crippen LogP contribution is 2.40. The predicted octanol–water partition coefficient (Wildman–Crippen LogP) is 5.06. The van der Waals surface area contributed by atoms with E-state index in [0.717, 1.165) is 28.8 Å². The van der Waals surface area contributed by atoms with Crippen molar-refractivity contribution in [3.05, 3.63) is 77.5 Å². The van der Waals surface area contributed by atoms with E-state index in [4.69, 9.17) is 10.5 Å². The Kier molecular flexibility index (Phi) is 6.88. The molecule has 4 rings (SSSR count). The van der Waals surface area contributed by atoms with Crippen LogP contribution in [0.25, 0.3) is 11.1 Å². The highest BCUT2D eigenvalue weighted by Gasteiger charge is 2.42. The average molecular weight is 495 g/mol. The second-order valence-corrected chi connectivity index (χ2v) is 8.64. The van der Waals surface area contributed by atoms with Gasteiger partial charge in [0, 0.05) is 24.8 Å². The molecule has 2 N–H and O–H groups in total. The molecule has 3 aromatic rings. The molecule has 2 heterocycles. The third kappa shape index (κ3) is 4.71. The number of hydrogen-bond acceptors (Lipinski definition) is 5. The number of carbonyl (C=O) groups excluding carboxylic acids is 1. The summed E-state index contributed by atoms with van der Waals surface area (Å²) >= 11 is 0. The molecule has 2 aromatic carbocycles. The molecule has 0 atom stereocenters. The standard InChI is InChI=1S/C27H25F3N4O2/c1-2-36-24-22(4-3-13-33-24)18-5-7-20(8-6-18)26(25(32)35)11-14-34(15-12-26)23-10-9-21(27(28,29)30)16-19(23)17-31/h3-10,13,16H,2,11-12,14-15H2,1H3,(H2,32,35). The first kappa shape index (κ1) is 25.0. The number of pyridine rings is 1. The molecule has 0 saturated carbocycles. The monoisotopic (exact) mass is 494 g/mol. The van der Waals surface area contributed by atoms with Gasteiger partial charge in [0.05, 0.1) is 28.8 Å². The van der Waals surface area contributed by atoms with E-state index >= 15 is 0 Å². The number of hydrogen-bond donors (Lipinski definition) is 1. The molecule has 6 nitrogen and oxygen atoms in total. The molecule has 0 bridgehead atoms. The fraction of sp³-hybridized carbons (Fsp3) is 0.296. The molecule has 1 fully saturated rings. The number of nitrogens with zero attached hydrogens (tertiary/aromatic N) is 3. The Bertz CT molecular complexity index is 1290. The maximum atomic E-state index is 13.1. The van der Waals surface area contributed by atoms with Crippen LogP contribution in [0.1, 0.15) is 36.5 Å². The van der Waals surface area contributed by atoms with Crippen LogP contribution in [0.3, 0.4) is 0 Å². The lowest BCUT2D eigenvalue weighted by atomic mass is 9.71. The minimum absolute atomic E-state index is 0.0534. The van der Waals surface area contributed by atoms with Gasteiger partial charge in [-0.05, 0) is 61.2 Å². The smallest absolute Gasteiger partial charge is 0.416 e. The van der Waals surface area contributed by atoms with Crippen molar-refractivity contribution in [1.29, 1.82) is 5.26 Å². The lowest BCUT2D eigenvalue weighted by Gasteiger charge is -2.41. The van der Waals surface area contributed by atoms with Gasteiger partial charge in [0.15, 0.2) is 0 Å². The highest BCUT2D eigenvalue weighted by molar-refractivity contribution is 5.87. The van der Waals surface area contributed by atoms with Gasteiger partial charge in [-0.25, -0.2) is 4.98 Å². The summed E-state index contributed by atoms with van der Waals surface area (Å²) in [4.78, 5) is 18.8. The number of carbonyl (C=O) groups is 1. The van der Waals surface area contributed by atoms with Crippen molar-refractivity contribution >= 4 is 11.6 Å². The molecule has 1 saturated heterocycles. The van der Waals surface area contributed by atoms with E-state index in [2.05, 4.69) is 4.98 Å². The zero-order valence-corrected chi connectivity index (χ0v) is 19.7. The number of halogens is 3. The number of anilines is 1. The van der Waals surface area contributed by atoms with Gasteiger partial charge in [0.2, 0.25) is 11.8 Å². The highest BCUT2D eigenvalue weighted by atomic mass is 19.4. The molecule has 1 aliphatic heterocycles. The average Bonchev–Trinajstić information content (AvgIpc) is 2.88. The Morgan fingerprint density at radius 1 is 1.17 bits per heavy atom. The van der Waals surface area contributed by atoms with E-state index in [1.807, 2.05) is 54.3 Å². The topological polar surface area (TPSA) is 92.2 Å². The van der Waals surface area contributed by atoms with Gasteiger partial charge >= 0.3 is 6.18 Å². The van der Waals surface area contributed by atoms with Crippen molar-refractivity contribution in [3.8, 4) is 23.1 Å². The Hall–Kier alpha value is -4.06. The van der Waals surface area contributed by atoms with Gasteiger partial charge in [-0.15, -0.1) is 0 Å². The zero-order chi connectivity index (χ0) is 25.9. The normalized spacial score (nSPS) is 15.2. The largest absolute Gasteiger partial charge is 0.478 e. The van der Waals surface area contributed by atoms with Gasteiger partial charge < -0.3 is 15.4 Å². The number of nitriles is 1. The Morgan fingerprint density at radius 3 is 2.44 bits per heavy atom. The molecule has 1 aliphatic rings. The third-order valence-electron chi connectivity index (χ3n) is 6.67. The van der Waals surface area contributed by atoms with Gasteiger partial charge in [0.1, 0.15) is 6.07 Å². The summed E-state index contributed by atoms with van der Waals surface area (Å²) in [6.45, 7) is 3.09. The summed E-state index contributed by atoms with van der Waals surface area (Å²) in [7, 11) is 0. The molecular formula is C27H25F3N4O2. The molecule has 0 spiro atoms. The zero-order valence-electron chi connectivity index (χ0n) is 19.7. The lowest BCUT2D eigenvalue weighted by molar-refractivity contribution is -0.137. The molecule has 0 aliphatic carbocycles. The van der Waals surface area contributed by atoms with E-state index in [1.165, 1.54) is 6.07 Å². The van der Waals surface area contributed by atoms with Crippen molar-refractivity contribution in [2.75, 3.05) is 24.6 Å². The van der Waals surface area contributed by atoms with Gasteiger partial charge in [-0.2, -0.15) is 18.4 Å². The van der Waals surface area contributed by atoms with Crippen LogP contribution in [0.4, 0.5) is 18.9 Å². The van der Waals surface area contributed by atoms with Crippen LogP contribution in [-0.2, 0) is 16.4 Å². The van der Waals surface area contributed by atoms with E-state index in [9.17, 15) is 23.2 Å². The Labute approximate surface area is 207 Å². The van der Waals surface area contributed by atoms with Gasteiger partial charge in [0.25, 0.3) is 0 Å². The quantitative estimate of drug-likeness (QED) is 0.517. The number of amides is 1. The minimum atomic E-state index is -4.53. The molecular weight excluding hydrogens is 469 g/mol. The van der Waals surface area contributed by atoms with E-state index in [0.29, 0.717) is 44.1 Å². The first-order valence-electron chi connectivity index (χ1n) is 11.5. The van der Waals surface area contributed by atoms with Crippen LogP contribution in [0.15, 0.2) is 60.8 Å². The first-order chi connectivity index (χ1) is 17.2. The predicted molar refractivity (Wildman–Crippen MR) is 129 cm³/mol. The summed E-state index contributed by atoms with van der Waals surface area (Å²) in [6, 6.07) is 16.3. The number of aromatic nitrogens is 1.